The zero-order valence-corrected chi connectivity index (χ0v) is 12.7. The van der Waals surface area contributed by atoms with Gasteiger partial charge < -0.3 is 5.32 Å². The molecule has 0 bridgehead atoms. The molecule has 4 rings (SSSR count). The molecule has 0 unspecified atom stereocenters. The Morgan fingerprint density at radius 2 is 1.73 bits per heavy atom. The first-order valence-corrected chi connectivity index (χ1v) is 8.37. The summed E-state index contributed by atoms with van der Waals surface area (Å²) in [4.78, 5) is 24.4. The summed E-state index contributed by atoms with van der Waals surface area (Å²) in [7, 11) is 0. The van der Waals surface area contributed by atoms with Gasteiger partial charge in [-0.25, -0.2) is 4.79 Å². The third-order valence-electron chi connectivity index (χ3n) is 5.95. The molecule has 3 fully saturated rings. The van der Waals surface area contributed by atoms with Crippen LogP contribution in [0.2, 0.25) is 0 Å². The zero-order valence-electron chi connectivity index (χ0n) is 12.7. The summed E-state index contributed by atoms with van der Waals surface area (Å²) in [5.41, 5.74) is 0.431. The van der Waals surface area contributed by atoms with Gasteiger partial charge in [-0.3, -0.25) is 10.1 Å². The Bertz CT molecular complexity index is 600. The number of nitrogens with one attached hydrogen (secondary N) is 2. The Morgan fingerprint density at radius 1 is 1.00 bits per heavy atom. The van der Waals surface area contributed by atoms with E-state index in [1.807, 2.05) is 18.2 Å². The fourth-order valence-corrected chi connectivity index (χ4v) is 4.92. The fraction of sp³-hybridized carbons (Fsp3) is 0.556. The number of amides is 3. The van der Waals surface area contributed by atoms with E-state index in [1.54, 1.807) is 0 Å². The minimum absolute atomic E-state index is 0.0829. The largest absolute Gasteiger partial charge is 0.323 e. The molecule has 1 aliphatic heterocycles. The van der Waals surface area contributed by atoms with Crippen LogP contribution in [0, 0.1) is 11.8 Å². The number of carbonyl (C=O) groups excluding carboxylic acids is 2. The standard InChI is InChI=1S/C18H22N2O2/c21-16-18(20-17(22)19-16)11-14-9-5-4-8-13(14)10-15(18)12-6-2-1-3-7-12/h1-3,6-7,13-15H,4-5,8-11H2,(H2,19,20,21,22)/t13-,14-,15+,18+/m1/s1. The van der Waals surface area contributed by atoms with Crippen LogP contribution in [0.3, 0.4) is 0 Å². The van der Waals surface area contributed by atoms with Crippen LogP contribution in [0.25, 0.3) is 0 Å². The van der Waals surface area contributed by atoms with Gasteiger partial charge in [0.05, 0.1) is 0 Å². The van der Waals surface area contributed by atoms with Crippen LogP contribution in [0.1, 0.15) is 50.0 Å². The van der Waals surface area contributed by atoms with Crippen molar-refractivity contribution in [2.45, 2.75) is 50.0 Å². The summed E-state index contributed by atoms with van der Waals surface area (Å²) < 4.78 is 0. The number of carbonyl (C=O) groups is 2. The van der Waals surface area contributed by atoms with Gasteiger partial charge in [0.1, 0.15) is 5.54 Å². The summed E-state index contributed by atoms with van der Waals surface area (Å²) >= 11 is 0. The van der Waals surface area contributed by atoms with Crippen molar-refractivity contribution in [3.05, 3.63) is 35.9 Å². The number of hydrogen-bond donors (Lipinski definition) is 2. The Kier molecular flexibility index (Phi) is 3.21. The van der Waals surface area contributed by atoms with Crippen molar-refractivity contribution in [2.75, 3.05) is 0 Å². The molecule has 2 saturated carbocycles. The third kappa shape index (κ3) is 2.04. The van der Waals surface area contributed by atoms with E-state index in [1.165, 1.54) is 31.2 Å². The fourth-order valence-electron chi connectivity index (χ4n) is 4.92. The average molecular weight is 298 g/mol. The van der Waals surface area contributed by atoms with Crippen molar-refractivity contribution < 1.29 is 9.59 Å². The smallest absolute Gasteiger partial charge is 0.322 e. The van der Waals surface area contributed by atoms with Gasteiger partial charge in [0.25, 0.3) is 5.91 Å². The first-order valence-electron chi connectivity index (χ1n) is 8.37. The predicted molar refractivity (Wildman–Crippen MR) is 83.3 cm³/mol. The van der Waals surface area contributed by atoms with Crippen LogP contribution in [0.4, 0.5) is 4.79 Å². The number of fused-ring (bicyclic) bond motifs is 1. The molecular formula is C18H22N2O2. The summed E-state index contributed by atoms with van der Waals surface area (Å²) in [6, 6.07) is 9.88. The van der Waals surface area contributed by atoms with E-state index in [9.17, 15) is 9.59 Å². The second-order valence-electron chi connectivity index (χ2n) is 7.09. The highest BCUT2D eigenvalue weighted by molar-refractivity contribution is 6.07. The highest BCUT2D eigenvalue weighted by atomic mass is 16.2. The molecule has 1 aromatic carbocycles. The Labute approximate surface area is 130 Å². The maximum Gasteiger partial charge on any atom is 0.322 e. The highest BCUT2D eigenvalue weighted by Gasteiger charge is 2.57. The van der Waals surface area contributed by atoms with Gasteiger partial charge in [0, 0.05) is 5.92 Å². The normalized spacial score (nSPS) is 37.5. The van der Waals surface area contributed by atoms with E-state index >= 15 is 0 Å². The van der Waals surface area contributed by atoms with Crippen molar-refractivity contribution >= 4 is 11.9 Å². The van der Waals surface area contributed by atoms with E-state index in [2.05, 4.69) is 22.8 Å². The number of imide groups is 1. The van der Waals surface area contributed by atoms with E-state index in [4.69, 9.17) is 0 Å². The molecule has 4 nitrogen and oxygen atoms in total. The lowest BCUT2D eigenvalue weighted by molar-refractivity contribution is -0.127. The third-order valence-corrected chi connectivity index (χ3v) is 5.95. The lowest BCUT2D eigenvalue weighted by atomic mass is 9.58. The lowest BCUT2D eigenvalue weighted by Crippen LogP contribution is -2.57. The Hall–Kier alpha value is -1.84. The van der Waals surface area contributed by atoms with E-state index in [-0.39, 0.29) is 17.9 Å². The van der Waals surface area contributed by atoms with Crippen LogP contribution in [0.5, 0.6) is 0 Å². The van der Waals surface area contributed by atoms with Crippen LogP contribution in [0.15, 0.2) is 30.3 Å². The van der Waals surface area contributed by atoms with Crippen molar-refractivity contribution in [2.24, 2.45) is 11.8 Å². The number of urea groups is 1. The molecule has 0 radical (unpaired) electrons. The van der Waals surface area contributed by atoms with Gasteiger partial charge >= 0.3 is 6.03 Å². The topological polar surface area (TPSA) is 58.2 Å². The quantitative estimate of drug-likeness (QED) is 0.783. The van der Waals surface area contributed by atoms with E-state index in [0.29, 0.717) is 11.8 Å². The zero-order chi connectivity index (χ0) is 15.2. The molecule has 4 atom stereocenters. The van der Waals surface area contributed by atoms with Gasteiger partial charge in [-0.15, -0.1) is 0 Å². The monoisotopic (exact) mass is 298 g/mol. The van der Waals surface area contributed by atoms with Gasteiger partial charge in [-0.2, -0.15) is 0 Å². The minimum atomic E-state index is -0.739. The second kappa shape index (κ2) is 5.11. The predicted octanol–water partition coefficient (Wildman–Crippen LogP) is 2.95. The van der Waals surface area contributed by atoms with Gasteiger partial charge in [-0.05, 0) is 30.2 Å². The molecule has 3 amide bonds. The molecule has 1 saturated heterocycles. The summed E-state index contributed by atoms with van der Waals surface area (Å²) in [5.74, 6) is 1.21. The first-order chi connectivity index (χ1) is 10.7. The Balaban J connectivity index is 1.75. The maximum absolute atomic E-state index is 12.6. The van der Waals surface area contributed by atoms with Gasteiger partial charge in [-0.1, -0.05) is 56.0 Å². The lowest BCUT2D eigenvalue weighted by Gasteiger charge is -2.48. The minimum Gasteiger partial charge on any atom is -0.323 e. The van der Waals surface area contributed by atoms with Crippen LogP contribution >= 0.6 is 0 Å². The van der Waals surface area contributed by atoms with Crippen molar-refractivity contribution in [3.8, 4) is 0 Å². The van der Waals surface area contributed by atoms with Gasteiger partial charge in [0.15, 0.2) is 0 Å². The molecule has 0 aromatic heterocycles. The molecule has 2 N–H and O–H groups in total. The van der Waals surface area contributed by atoms with Crippen LogP contribution in [-0.4, -0.2) is 17.5 Å². The van der Waals surface area contributed by atoms with Crippen molar-refractivity contribution in [1.82, 2.24) is 10.6 Å². The highest BCUT2D eigenvalue weighted by Crippen LogP contribution is 2.51. The Morgan fingerprint density at radius 3 is 2.41 bits per heavy atom. The van der Waals surface area contributed by atoms with E-state index in [0.717, 1.165) is 12.8 Å². The van der Waals surface area contributed by atoms with E-state index < -0.39 is 5.54 Å². The summed E-state index contributed by atoms with van der Waals surface area (Å²) in [5, 5.41) is 5.48. The molecule has 3 aliphatic rings. The van der Waals surface area contributed by atoms with Crippen molar-refractivity contribution in [3.63, 3.8) is 0 Å². The molecular weight excluding hydrogens is 276 g/mol. The molecule has 116 valence electrons. The number of hydrogen-bond acceptors (Lipinski definition) is 2. The molecule has 22 heavy (non-hydrogen) atoms. The van der Waals surface area contributed by atoms with Crippen molar-refractivity contribution in [1.29, 1.82) is 0 Å². The average Bonchev–Trinajstić information content (AvgIpc) is 2.81. The van der Waals surface area contributed by atoms with Crippen LogP contribution in [-0.2, 0) is 4.79 Å². The summed E-state index contributed by atoms with van der Waals surface area (Å²) in [6.07, 6.45) is 6.80. The molecule has 1 spiro atoms. The number of rotatable bonds is 1. The molecule has 2 aliphatic carbocycles. The van der Waals surface area contributed by atoms with Gasteiger partial charge in [0.2, 0.25) is 0 Å². The molecule has 4 heteroatoms. The SMILES string of the molecule is O=C1NC(=O)[C@@]2(C[C@H]3CCCC[C@@H]3C[C@H]2c2ccccc2)N1. The second-order valence-corrected chi connectivity index (χ2v) is 7.09. The van der Waals surface area contributed by atoms with Crippen LogP contribution < -0.4 is 10.6 Å². The molecule has 1 aromatic rings. The molecule has 1 heterocycles. The maximum atomic E-state index is 12.6. The first kappa shape index (κ1) is 13.8. The summed E-state index contributed by atoms with van der Waals surface area (Å²) in [6.45, 7) is 0. The number of benzene rings is 1.